The van der Waals surface area contributed by atoms with Crippen LogP contribution in [-0.2, 0) is 20.4 Å². The Labute approximate surface area is 217 Å². The van der Waals surface area contributed by atoms with Crippen LogP contribution in [0.25, 0.3) is 11.3 Å². The molecule has 1 aromatic heterocycles. The number of aromatic nitrogens is 2. The first-order chi connectivity index (χ1) is 18.1. The fourth-order valence-corrected chi connectivity index (χ4v) is 6.21. The second kappa shape index (κ2) is 9.72. The number of halogens is 4. The van der Waals surface area contributed by atoms with Crippen molar-refractivity contribution < 1.29 is 36.6 Å². The molecular formula is C28H28F4N2O4. The van der Waals surface area contributed by atoms with Crippen molar-refractivity contribution >= 4 is 5.97 Å². The molecule has 1 saturated heterocycles. The van der Waals surface area contributed by atoms with Crippen molar-refractivity contribution in [2.75, 3.05) is 20.8 Å². The van der Waals surface area contributed by atoms with Gasteiger partial charge in [0.05, 0.1) is 38.0 Å². The zero-order valence-electron chi connectivity index (χ0n) is 21.2. The summed E-state index contributed by atoms with van der Waals surface area (Å²) in [6.07, 6.45) is -2.97. The second-order valence-electron chi connectivity index (χ2n) is 9.97. The van der Waals surface area contributed by atoms with Gasteiger partial charge in [-0.2, -0.15) is 13.2 Å². The van der Waals surface area contributed by atoms with Crippen molar-refractivity contribution in [3.63, 3.8) is 0 Å². The van der Waals surface area contributed by atoms with E-state index in [0.717, 1.165) is 5.56 Å². The summed E-state index contributed by atoms with van der Waals surface area (Å²) in [6.45, 7) is 1.77. The van der Waals surface area contributed by atoms with Crippen LogP contribution in [0.5, 0.6) is 5.75 Å². The molecule has 202 valence electrons. The number of alkyl halides is 3. The molecule has 1 N–H and O–H groups in total. The minimum atomic E-state index is -4.62. The van der Waals surface area contributed by atoms with Gasteiger partial charge in [0.15, 0.2) is 5.69 Å². The van der Waals surface area contributed by atoms with E-state index in [1.54, 1.807) is 30.3 Å². The fourth-order valence-electron chi connectivity index (χ4n) is 6.21. The molecule has 2 aliphatic rings. The van der Waals surface area contributed by atoms with Gasteiger partial charge in [0, 0.05) is 23.0 Å². The lowest BCUT2D eigenvalue weighted by molar-refractivity contribution is -0.147. The molecule has 3 aromatic rings. The largest absolute Gasteiger partial charge is 0.496 e. The summed E-state index contributed by atoms with van der Waals surface area (Å²) in [5.74, 6) is -1.06. The van der Waals surface area contributed by atoms with Crippen LogP contribution >= 0.6 is 0 Å². The second-order valence-corrected chi connectivity index (χ2v) is 9.97. The van der Waals surface area contributed by atoms with Gasteiger partial charge < -0.3 is 19.2 Å². The van der Waals surface area contributed by atoms with Crippen LogP contribution in [0.3, 0.4) is 0 Å². The number of H-pyrrole nitrogens is 1. The average Bonchev–Trinajstić information content (AvgIpc) is 3.61. The molecule has 6 nitrogen and oxygen atoms in total. The van der Waals surface area contributed by atoms with Gasteiger partial charge in [-0.05, 0) is 62.1 Å². The summed E-state index contributed by atoms with van der Waals surface area (Å²) in [7, 11) is 2.85. The van der Waals surface area contributed by atoms with Crippen molar-refractivity contribution in [3.8, 4) is 17.0 Å². The molecule has 38 heavy (non-hydrogen) atoms. The van der Waals surface area contributed by atoms with E-state index in [9.17, 15) is 22.4 Å². The fraction of sp³-hybridized carbons (Fsp3) is 0.429. The maximum absolute atomic E-state index is 13.7. The number of hydrogen-bond acceptors (Lipinski definition) is 5. The molecule has 1 spiro atoms. The van der Waals surface area contributed by atoms with Crippen molar-refractivity contribution in [3.05, 3.63) is 70.9 Å². The lowest BCUT2D eigenvalue weighted by Gasteiger charge is -2.33. The molecule has 2 heterocycles. The van der Waals surface area contributed by atoms with E-state index in [-0.39, 0.29) is 35.1 Å². The maximum atomic E-state index is 13.7. The van der Waals surface area contributed by atoms with Gasteiger partial charge in [-0.15, -0.1) is 0 Å². The number of rotatable bonds is 5. The summed E-state index contributed by atoms with van der Waals surface area (Å²) in [5, 5.41) is 0. The number of imidazole rings is 1. The van der Waals surface area contributed by atoms with Crippen LogP contribution in [0, 0.1) is 18.7 Å². The summed E-state index contributed by atoms with van der Waals surface area (Å²) in [5.41, 5.74) is 0.0275. The summed E-state index contributed by atoms with van der Waals surface area (Å²) >= 11 is 0. The van der Waals surface area contributed by atoms with Crippen LogP contribution in [0.15, 0.2) is 42.5 Å². The Morgan fingerprint density at radius 1 is 1.16 bits per heavy atom. The molecule has 5 rings (SSSR count). The minimum absolute atomic E-state index is 0.108. The van der Waals surface area contributed by atoms with E-state index in [4.69, 9.17) is 14.2 Å². The first-order valence-electron chi connectivity index (χ1n) is 12.4. The van der Waals surface area contributed by atoms with Gasteiger partial charge in [0.2, 0.25) is 0 Å². The zero-order valence-corrected chi connectivity index (χ0v) is 21.2. The van der Waals surface area contributed by atoms with E-state index in [1.165, 1.54) is 33.3 Å². The summed E-state index contributed by atoms with van der Waals surface area (Å²) in [4.78, 5) is 19.1. The smallest absolute Gasteiger partial charge is 0.435 e. The number of aromatic amines is 1. The van der Waals surface area contributed by atoms with Crippen molar-refractivity contribution in [1.82, 2.24) is 9.97 Å². The van der Waals surface area contributed by atoms with Crippen molar-refractivity contribution in [2.24, 2.45) is 5.92 Å². The Kier molecular flexibility index (Phi) is 6.71. The van der Waals surface area contributed by atoms with Gasteiger partial charge in [-0.3, -0.25) is 4.79 Å². The highest BCUT2D eigenvalue weighted by Gasteiger charge is 2.56. The SMILES string of the molecule is COC(=O)[C@H]1CC[C@@]2(C[C@@H](c3cc(-c4[nH]c(C)nc4C(F)(F)F)ccc3OC)CO2)[C@@H]1c1ccc(F)cc1. The highest BCUT2D eigenvalue weighted by molar-refractivity contribution is 5.74. The molecular weight excluding hydrogens is 504 g/mol. The molecule has 2 aromatic carbocycles. The first kappa shape index (κ1) is 26.2. The van der Waals surface area contributed by atoms with Crippen LogP contribution in [0.2, 0.25) is 0 Å². The number of esters is 1. The number of carbonyl (C=O) groups is 1. The third kappa shape index (κ3) is 4.55. The molecule has 1 aliphatic carbocycles. The Bertz CT molecular complexity index is 1340. The summed E-state index contributed by atoms with van der Waals surface area (Å²) in [6, 6.07) is 11.0. The molecule has 0 bridgehead atoms. The van der Waals surface area contributed by atoms with Gasteiger partial charge in [-0.1, -0.05) is 12.1 Å². The number of ether oxygens (including phenoxy) is 3. The van der Waals surface area contributed by atoms with E-state index in [0.29, 0.717) is 42.7 Å². The lowest BCUT2D eigenvalue weighted by atomic mass is 9.76. The van der Waals surface area contributed by atoms with E-state index >= 15 is 0 Å². The van der Waals surface area contributed by atoms with Gasteiger partial charge in [0.25, 0.3) is 0 Å². The maximum Gasteiger partial charge on any atom is 0.435 e. The summed E-state index contributed by atoms with van der Waals surface area (Å²) < 4.78 is 71.8. The van der Waals surface area contributed by atoms with Crippen LogP contribution in [0.4, 0.5) is 17.6 Å². The first-order valence-corrected chi connectivity index (χ1v) is 12.4. The molecule has 10 heteroatoms. The third-order valence-corrected chi connectivity index (χ3v) is 7.79. The molecule has 4 atom stereocenters. The zero-order chi connectivity index (χ0) is 27.2. The third-order valence-electron chi connectivity index (χ3n) is 7.79. The lowest BCUT2D eigenvalue weighted by Crippen LogP contribution is -2.35. The van der Waals surface area contributed by atoms with E-state index in [1.807, 2.05) is 0 Å². The number of hydrogen-bond donors (Lipinski definition) is 1. The van der Waals surface area contributed by atoms with E-state index < -0.39 is 23.4 Å². The van der Waals surface area contributed by atoms with Crippen molar-refractivity contribution in [2.45, 2.75) is 49.8 Å². The van der Waals surface area contributed by atoms with Gasteiger partial charge in [0.1, 0.15) is 17.4 Å². The quantitative estimate of drug-likeness (QED) is 0.315. The Balaban J connectivity index is 1.52. The monoisotopic (exact) mass is 532 g/mol. The molecule has 0 unspecified atom stereocenters. The number of methoxy groups -OCH3 is 2. The number of nitrogens with one attached hydrogen (secondary N) is 1. The van der Waals surface area contributed by atoms with Crippen LogP contribution in [0.1, 0.15) is 53.7 Å². The highest BCUT2D eigenvalue weighted by atomic mass is 19.4. The molecule has 1 saturated carbocycles. The predicted molar refractivity (Wildman–Crippen MR) is 130 cm³/mol. The average molecular weight is 533 g/mol. The number of nitrogens with zero attached hydrogens (tertiary/aromatic N) is 1. The Hall–Kier alpha value is -3.40. The van der Waals surface area contributed by atoms with Gasteiger partial charge >= 0.3 is 12.1 Å². The van der Waals surface area contributed by atoms with E-state index in [2.05, 4.69) is 9.97 Å². The van der Waals surface area contributed by atoms with Gasteiger partial charge in [-0.25, -0.2) is 9.37 Å². The predicted octanol–water partition coefficient (Wildman–Crippen LogP) is 6.16. The Morgan fingerprint density at radius 2 is 1.89 bits per heavy atom. The van der Waals surface area contributed by atoms with Crippen molar-refractivity contribution in [1.29, 1.82) is 0 Å². The Morgan fingerprint density at radius 3 is 2.55 bits per heavy atom. The molecule has 0 radical (unpaired) electrons. The standard InChI is InChI=1S/C28H28F4N2O4/c1-15-33-24(25(34-15)28(30,31)32)17-6-9-22(36-2)21(12-17)18-13-27(38-14-18)11-10-20(26(35)37-3)23(27)16-4-7-19(29)8-5-16/h4-9,12,18,20,23H,10-11,13-14H2,1-3H3,(H,33,34)/t18-,20+,23-,27-/m1/s1. The molecule has 0 amide bonds. The minimum Gasteiger partial charge on any atom is -0.496 e. The normalized spacial score (nSPS) is 25.2. The molecule has 2 fully saturated rings. The van der Waals surface area contributed by atoms with Crippen LogP contribution in [-0.4, -0.2) is 42.4 Å². The topological polar surface area (TPSA) is 73.4 Å². The number of aryl methyl sites for hydroxylation is 1. The molecule has 1 aliphatic heterocycles. The highest BCUT2D eigenvalue weighted by Crippen LogP contribution is 2.57. The number of benzene rings is 2. The van der Waals surface area contributed by atoms with Crippen LogP contribution < -0.4 is 4.74 Å². The number of carbonyl (C=O) groups excluding carboxylic acids is 1.